The van der Waals surface area contributed by atoms with Crippen LogP contribution in [-0.4, -0.2) is 19.1 Å². The molecule has 29 heavy (non-hydrogen) atoms. The molecular formula is C21H28BrF2N3OS. The van der Waals surface area contributed by atoms with Crippen LogP contribution in [0.5, 0.6) is 0 Å². The Morgan fingerprint density at radius 1 is 1.17 bits per heavy atom. The maximum absolute atomic E-state index is 14.2. The summed E-state index contributed by atoms with van der Waals surface area (Å²) in [6.45, 7) is 11.8. The fourth-order valence-corrected chi connectivity index (χ4v) is 4.61. The van der Waals surface area contributed by atoms with Crippen molar-refractivity contribution in [2.45, 2.75) is 70.7 Å². The molecule has 1 N–H and O–H groups in total. The summed E-state index contributed by atoms with van der Waals surface area (Å²) >= 11 is 2.12. The van der Waals surface area contributed by atoms with Gasteiger partial charge in [0.25, 0.3) is 0 Å². The lowest BCUT2D eigenvalue weighted by atomic mass is 9.98. The Morgan fingerprint density at radius 2 is 1.76 bits per heavy atom. The largest absolute Gasteiger partial charge is 0.598 e. The molecule has 0 unspecified atom stereocenters. The first-order valence-electron chi connectivity index (χ1n) is 9.72. The summed E-state index contributed by atoms with van der Waals surface area (Å²) in [5.41, 5.74) is 1.71. The molecule has 2 aromatic rings. The lowest BCUT2D eigenvalue weighted by Gasteiger charge is -2.29. The number of halogens is 3. The molecule has 0 aliphatic heterocycles. The van der Waals surface area contributed by atoms with Gasteiger partial charge < -0.3 is 4.55 Å². The maximum Gasteiger partial charge on any atom is 0.159 e. The van der Waals surface area contributed by atoms with Gasteiger partial charge in [0.15, 0.2) is 11.6 Å². The highest BCUT2D eigenvalue weighted by atomic mass is 79.9. The average molecular weight is 488 g/mol. The van der Waals surface area contributed by atoms with Gasteiger partial charge in [0.1, 0.15) is 4.75 Å². The van der Waals surface area contributed by atoms with Crippen LogP contribution in [0, 0.1) is 17.6 Å². The quantitative estimate of drug-likeness (QED) is 0.425. The normalized spacial score (nSPS) is 17.4. The second-order valence-electron chi connectivity index (χ2n) is 9.59. The highest BCUT2D eigenvalue weighted by molar-refractivity contribution is 9.10. The number of hydrogen-bond donors (Lipinski definition) is 1. The first-order chi connectivity index (χ1) is 13.3. The van der Waals surface area contributed by atoms with E-state index in [0.717, 1.165) is 24.5 Å². The molecule has 0 saturated heterocycles. The van der Waals surface area contributed by atoms with Gasteiger partial charge in [0.2, 0.25) is 0 Å². The SMILES string of the molecule is CC(C)(C)n1ncc([C@H](N[S@+]([O-])C(C)(C)C)C2CC2)c1-c1cc(F)c(F)cc1Br. The number of benzene rings is 1. The molecule has 1 fully saturated rings. The standard InChI is InChI=1S/C21H28BrF2N3OS/c1-20(2,3)27-19(13-9-16(23)17(24)10-15(13)22)14(11-25-27)18(12-7-8-12)26-29(28)21(4,5)6/h9-12,18,26H,7-8H2,1-6H3/t18-,29-/m1/s1. The molecule has 1 aromatic carbocycles. The molecule has 1 aliphatic carbocycles. The summed E-state index contributed by atoms with van der Waals surface area (Å²) in [4.78, 5) is 0. The van der Waals surface area contributed by atoms with Crippen LogP contribution < -0.4 is 4.72 Å². The molecule has 3 rings (SSSR count). The number of aromatic nitrogens is 2. The van der Waals surface area contributed by atoms with Crippen molar-refractivity contribution in [3.63, 3.8) is 0 Å². The Labute approximate surface area is 182 Å². The number of hydrogen-bond acceptors (Lipinski definition) is 3. The molecule has 0 bridgehead atoms. The van der Waals surface area contributed by atoms with Crippen molar-refractivity contribution >= 4 is 27.3 Å². The number of nitrogens with zero attached hydrogens (tertiary/aromatic N) is 2. The van der Waals surface area contributed by atoms with E-state index in [-0.39, 0.29) is 11.6 Å². The van der Waals surface area contributed by atoms with E-state index in [2.05, 4.69) is 25.8 Å². The van der Waals surface area contributed by atoms with Gasteiger partial charge in [0, 0.05) is 27.0 Å². The van der Waals surface area contributed by atoms with E-state index in [1.165, 1.54) is 6.07 Å². The molecule has 1 aliphatic rings. The van der Waals surface area contributed by atoms with Crippen LogP contribution in [0.1, 0.15) is 66.0 Å². The van der Waals surface area contributed by atoms with E-state index in [0.29, 0.717) is 21.6 Å². The van der Waals surface area contributed by atoms with E-state index >= 15 is 0 Å². The summed E-state index contributed by atoms with van der Waals surface area (Å²) in [5.74, 6) is -1.48. The van der Waals surface area contributed by atoms with Crippen molar-refractivity contribution in [1.29, 1.82) is 0 Å². The molecule has 160 valence electrons. The topological polar surface area (TPSA) is 52.9 Å². The van der Waals surface area contributed by atoms with E-state index < -0.39 is 27.7 Å². The highest BCUT2D eigenvalue weighted by Crippen LogP contribution is 2.46. The Kier molecular flexibility index (Phi) is 6.22. The van der Waals surface area contributed by atoms with Gasteiger partial charge in [-0.1, -0.05) is 0 Å². The lowest BCUT2D eigenvalue weighted by Crippen LogP contribution is -2.42. The van der Waals surface area contributed by atoms with E-state index in [4.69, 9.17) is 0 Å². The molecule has 4 nitrogen and oxygen atoms in total. The molecule has 8 heteroatoms. The second kappa shape index (κ2) is 7.94. The highest BCUT2D eigenvalue weighted by Gasteiger charge is 2.41. The van der Waals surface area contributed by atoms with Crippen LogP contribution in [-0.2, 0) is 16.9 Å². The van der Waals surface area contributed by atoms with Crippen molar-refractivity contribution in [3.05, 3.63) is 40.0 Å². The molecular weight excluding hydrogens is 460 g/mol. The second-order valence-corrected chi connectivity index (χ2v) is 12.4. The molecule has 0 spiro atoms. The average Bonchev–Trinajstić information content (AvgIpc) is 3.32. The molecule has 0 radical (unpaired) electrons. The van der Waals surface area contributed by atoms with E-state index in [9.17, 15) is 13.3 Å². The first kappa shape index (κ1) is 22.7. The van der Waals surface area contributed by atoms with Gasteiger partial charge in [-0.3, -0.25) is 4.68 Å². The van der Waals surface area contributed by atoms with Crippen molar-refractivity contribution in [2.75, 3.05) is 0 Å². The van der Waals surface area contributed by atoms with Crippen LogP contribution >= 0.6 is 15.9 Å². The maximum atomic E-state index is 14.2. The molecule has 1 heterocycles. The van der Waals surface area contributed by atoms with Gasteiger partial charge in [-0.2, -0.15) is 5.10 Å². The van der Waals surface area contributed by atoms with Crippen LogP contribution in [0.2, 0.25) is 0 Å². The zero-order valence-corrected chi connectivity index (χ0v) is 20.0. The molecule has 0 amide bonds. The minimum absolute atomic E-state index is 0.179. The van der Waals surface area contributed by atoms with Crippen molar-refractivity contribution in [1.82, 2.24) is 14.5 Å². The molecule has 2 atom stereocenters. The van der Waals surface area contributed by atoms with E-state index in [1.54, 1.807) is 6.20 Å². The summed E-state index contributed by atoms with van der Waals surface area (Å²) in [5, 5.41) is 4.60. The summed E-state index contributed by atoms with van der Waals surface area (Å²) in [6, 6.07) is 2.16. The van der Waals surface area contributed by atoms with Gasteiger partial charge >= 0.3 is 0 Å². The smallest absolute Gasteiger partial charge is 0.159 e. The minimum Gasteiger partial charge on any atom is -0.598 e. The fraction of sp³-hybridized carbons (Fsp3) is 0.571. The summed E-state index contributed by atoms with van der Waals surface area (Å²) in [7, 11) is 0. The first-order valence-corrected chi connectivity index (χ1v) is 11.7. The van der Waals surface area contributed by atoms with Crippen LogP contribution in [0.15, 0.2) is 22.8 Å². The van der Waals surface area contributed by atoms with Gasteiger partial charge in [-0.15, -0.1) is 4.72 Å². The van der Waals surface area contributed by atoms with Gasteiger partial charge in [-0.05, 0) is 88.4 Å². The Hall–Kier alpha value is -0.960. The fourth-order valence-electron chi connectivity index (χ4n) is 3.21. The van der Waals surface area contributed by atoms with Crippen LogP contribution in [0.4, 0.5) is 8.78 Å². The number of rotatable bonds is 5. The predicted molar refractivity (Wildman–Crippen MR) is 117 cm³/mol. The Morgan fingerprint density at radius 3 is 2.28 bits per heavy atom. The summed E-state index contributed by atoms with van der Waals surface area (Å²) in [6.07, 6.45) is 3.82. The van der Waals surface area contributed by atoms with Crippen LogP contribution in [0.25, 0.3) is 11.3 Å². The number of nitrogens with one attached hydrogen (secondary N) is 1. The van der Waals surface area contributed by atoms with Crippen molar-refractivity contribution in [3.8, 4) is 11.3 Å². The Balaban J connectivity index is 2.17. The zero-order chi connectivity index (χ0) is 21.7. The monoisotopic (exact) mass is 487 g/mol. The predicted octanol–water partition coefficient (Wildman–Crippen LogP) is 5.85. The van der Waals surface area contributed by atoms with E-state index in [1.807, 2.05) is 46.2 Å². The third-order valence-electron chi connectivity index (χ3n) is 4.92. The van der Waals surface area contributed by atoms with Gasteiger partial charge in [-0.25, -0.2) is 8.78 Å². The lowest BCUT2D eigenvalue weighted by molar-refractivity contribution is 0.359. The third kappa shape index (κ3) is 4.86. The van der Waals surface area contributed by atoms with Crippen LogP contribution in [0.3, 0.4) is 0 Å². The Bertz CT molecular complexity index is 901. The zero-order valence-electron chi connectivity index (χ0n) is 17.6. The third-order valence-corrected chi connectivity index (χ3v) is 7.15. The summed E-state index contributed by atoms with van der Waals surface area (Å²) < 4.78 is 45.9. The van der Waals surface area contributed by atoms with Gasteiger partial charge in [0.05, 0.1) is 23.5 Å². The molecule has 1 aromatic heterocycles. The minimum atomic E-state index is -1.27. The molecule has 1 saturated carbocycles. The van der Waals surface area contributed by atoms with Crippen molar-refractivity contribution < 1.29 is 13.3 Å². The van der Waals surface area contributed by atoms with Crippen molar-refractivity contribution in [2.24, 2.45) is 5.92 Å².